The van der Waals surface area contributed by atoms with Gasteiger partial charge in [-0.1, -0.05) is 42.5 Å². The van der Waals surface area contributed by atoms with Crippen LogP contribution in [-0.2, 0) is 15.7 Å². The van der Waals surface area contributed by atoms with E-state index in [0.717, 1.165) is 6.07 Å². The number of ether oxygens (including phenoxy) is 1. The summed E-state index contributed by atoms with van der Waals surface area (Å²) in [6.45, 7) is 0. The number of para-hydroxylation sites is 1. The summed E-state index contributed by atoms with van der Waals surface area (Å²) < 4.78 is 43.8. The number of alkyl halides is 3. The molecular weight excluding hydrogens is 309 g/mol. The second-order valence-corrected chi connectivity index (χ2v) is 4.68. The van der Waals surface area contributed by atoms with Crippen molar-refractivity contribution >= 4 is 11.6 Å². The topological polar surface area (TPSA) is 50.4 Å². The summed E-state index contributed by atoms with van der Waals surface area (Å²) in [7, 11) is 1.35. The molecule has 2 aromatic carbocycles. The molecule has 7 heteroatoms. The SMILES string of the molecule is CO[C@H](C(=O)NNc1ccccc1C(F)(F)F)c1ccccc1. The molecule has 0 aliphatic rings. The molecule has 0 spiro atoms. The highest BCUT2D eigenvalue weighted by Crippen LogP contribution is 2.34. The number of hydrogen-bond donors (Lipinski definition) is 2. The third-order valence-electron chi connectivity index (χ3n) is 3.13. The van der Waals surface area contributed by atoms with Gasteiger partial charge in [0.1, 0.15) is 0 Å². The lowest BCUT2D eigenvalue weighted by Gasteiger charge is -2.18. The van der Waals surface area contributed by atoms with Gasteiger partial charge in [-0.3, -0.25) is 15.6 Å². The zero-order valence-electron chi connectivity index (χ0n) is 12.2. The number of hydrogen-bond acceptors (Lipinski definition) is 3. The first-order chi connectivity index (χ1) is 10.9. The molecule has 0 fully saturated rings. The van der Waals surface area contributed by atoms with E-state index in [2.05, 4.69) is 10.9 Å². The smallest absolute Gasteiger partial charge is 0.367 e. The first-order valence-electron chi connectivity index (χ1n) is 6.73. The minimum atomic E-state index is -4.52. The number of anilines is 1. The zero-order chi connectivity index (χ0) is 16.9. The van der Waals surface area contributed by atoms with Crippen LogP contribution >= 0.6 is 0 Å². The summed E-state index contributed by atoms with van der Waals surface area (Å²) in [5.41, 5.74) is 4.04. The van der Waals surface area contributed by atoms with Gasteiger partial charge in [0.25, 0.3) is 5.91 Å². The van der Waals surface area contributed by atoms with Gasteiger partial charge in [0, 0.05) is 7.11 Å². The highest BCUT2D eigenvalue weighted by Gasteiger charge is 2.33. The van der Waals surface area contributed by atoms with E-state index in [4.69, 9.17) is 4.74 Å². The van der Waals surface area contributed by atoms with Crippen LogP contribution in [0.5, 0.6) is 0 Å². The maximum Gasteiger partial charge on any atom is 0.418 e. The van der Waals surface area contributed by atoms with Crippen molar-refractivity contribution in [1.82, 2.24) is 5.43 Å². The number of carbonyl (C=O) groups is 1. The van der Waals surface area contributed by atoms with E-state index in [1.54, 1.807) is 30.3 Å². The minimum absolute atomic E-state index is 0.240. The van der Waals surface area contributed by atoms with Crippen molar-refractivity contribution in [3.8, 4) is 0 Å². The molecule has 1 amide bonds. The van der Waals surface area contributed by atoms with Crippen molar-refractivity contribution in [2.75, 3.05) is 12.5 Å². The predicted molar refractivity (Wildman–Crippen MR) is 79.4 cm³/mol. The molecule has 2 N–H and O–H groups in total. The number of amides is 1. The molecule has 0 aliphatic carbocycles. The monoisotopic (exact) mass is 324 g/mol. The summed E-state index contributed by atoms with van der Waals surface area (Å²) in [6.07, 6.45) is -5.45. The van der Waals surface area contributed by atoms with Crippen molar-refractivity contribution in [2.24, 2.45) is 0 Å². The number of hydrazine groups is 1. The summed E-state index contributed by atoms with van der Waals surface area (Å²) in [5, 5.41) is 0. The van der Waals surface area contributed by atoms with Crippen LogP contribution in [0.25, 0.3) is 0 Å². The Bertz CT molecular complexity index is 660. The molecule has 0 unspecified atom stereocenters. The molecular formula is C16H15F3N2O2. The molecule has 0 aliphatic heterocycles. The van der Waals surface area contributed by atoms with Crippen LogP contribution in [0.1, 0.15) is 17.2 Å². The van der Waals surface area contributed by atoms with E-state index in [-0.39, 0.29) is 5.69 Å². The van der Waals surface area contributed by atoms with Gasteiger partial charge in [-0.15, -0.1) is 0 Å². The average molecular weight is 324 g/mol. The van der Waals surface area contributed by atoms with Gasteiger partial charge in [-0.2, -0.15) is 13.2 Å². The van der Waals surface area contributed by atoms with E-state index >= 15 is 0 Å². The lowest BCUT2D eigenvalue weighted by atomic mass is 10.1. The highest BCUT2D eigenvalue weighted by molar-refractivity contribution is 5.83. The summed E-state index contributed by atoms with van der Waals surface area (Å²) >= 11 is 0. The summed E-state index contributed by atoms with van der Waals surface area (Å²) in [6, 6.07) is 13.5. The summed E-state index contributed by atoms with van der Waals surface area (Å²) in [4.78, 5) is 12.1. The molecule has 0 heterocycles. The Labute approximate surface area is 131 Å². The third kappa shape index (κ3) is 4.23. The van der Waals surface area contributed by atoms with Gasteiger partial charge in [0.15, 0.2) is 6.10 Å². The van der Waals surface area contributed by atoms with Crippen molar-refractivity contribution in [3.05, 3.63) is 65.7 Å². The third-order valence-corrected chi connectivity index (χ3v) is 3.13. The predicted octanol–water partition coefficient (Wildman–Crippen LogP) is 3.54. The Morgan fingerprint density at radius 2 is 1.65 bits per heavy atom. The molecule has 1 atom stereocenters. The van der Waals surface area contributed by atoms with Crippen molar-refractivity contribution in [2.45, 2.75) is 12.3 Å². The standard InChI is InChI=1S/C16H15F3N2O2/c1-23-14(11-7-3-2-4-8-11)15(22)21-20-13-10-6-5-9-12(13)16(17,18)19/h2-10,14,20H,1H3,(H,21,22)/t14-/m0/s1. The lowest BCUT2D eigenvalue weighted by Crippen LogP contribution is -2.35. The normalized spacial score (nSPS) is 12.5. The maximum atomic E-state index is 12.9. The Kier molecular flexibility index (Phi) is 5.23. The molecule has 0 saturated carbocycles. The van der Waals surface area contributed by atoms with Crippen molar-refractivity contribution < 1.29 is 22.7 Å². The maximum absolute atomic E-state index is 12.9. The fourth-order valence-corrected chi connectivity index (χ4v) is 2.06. The largest absolute Gasteiger partial charge is 0.418 e. The molecule has 23 heavy (non-hydrogen) atoms. The van der Waals surface area contributed by atoms with Gasteiger partial charge in [0.05, 0.1) is 11.3 Å². The highest BCUT2D eigenvalue weighted by atomic mass is 19.4. The van der Waals surface area contributed by atoms with E-state index < -0.39 is 23.8 Å². The number of methoxy groups -OCH3 is 1. The molecule has 4 nitrogen and oxygen atoms in total. The molecule has 0 saturated heterocycles. The van der Waals surface area contributed by atoms with E-state index in [1.807, 2.05) is 0 Å². The van der Waals surface area contributed by atoms with Crippen LogP contribution in [0.4, 0.5) is 18.9 Å². The quantitative estimate of drug-likeness (QED) is 0.827. The van der Waals surface area contributed by atoms with Crippen LogP contribution in [0, 0.1) is 0 Å². The van der Waals surface area contributed by atoms with Crippen molar-refractivity contribution in [3.63, 3.8) is 0 Å². The number of nitrogens with one attached hydrogen (secondary N) is 2. The van der Waals surface area contributed by atoms with E-state index in [0.29, 0.717) is 5.56 Å². The van der Waals surface area contributed by atoms with Crippen LogP contribution in [0.2, 0.25) is 0 Å². The van der Waals surface area contributed by atoms with E-state index in [9.17, 15) is 18.0 Å². The fraction of sp³-hybridized carbons (Fsp3) is 0.188. The zero-order valence-corrected chi connectivity index (χ0v) is 12.2. The Morgan fingerprint density at radius 3 is 2.26 bits per heavy atom. The second-order valence-electron chi connectivity index (χ2n) is 4.68. The van der Waals surface area contributed by atoms with Crippen LogP contribution < -0.4 is 10.9 Å². The first-order valence-corrected chi connectivity index (χ1v) is 6.73. The Balaban J connectivity index is 2.10. The van der Waals surface area contributed by atoms with Crippen LogP contribution in [0.3, 0.4) is 0 Å². The molecule has 2 rings (SSSR count). The van der Waals surface area contributed by atoms with E-state index in [1.165, 1.54) is 25.3 Å². The molecule has 0 bridgehead atoms. The molecule has 2 aromatic rings. The van der Waals surface area contributed by atoms with Gasteiger partial charge >= 0.3 is 6.18 Å². The van der Waals surface area contributed by atoms with Crippen molar-refractivity contribution in [1.29, 1.82) is 0 Å². The number of carbonyl (C=O) groups excluding carboxylic acids is 1. The Morgan fingerprint density at radius 1 is 1.04 bits per heavy atom. The first kappa shape index (κ1) is 16.8. The Hall–Kier alpha value is -2.54. The lowest BCUT2D eigenvalue weighted by molar-refractivity contribution is -0.137. The summed E-state index contributed by atoms with van der Waals surface area (Å²) in [5.74, 6) is -0.601. The van der Waals surface area contributed by atoms with Crippen LogP contribution in [-0.4, -0.2) is 13.0 Å². The van der Waals surface area contributed by atoms with Crippen LogP contribution in [0.15, 0.2) is 54.6 Å². The van der Waals surface area contributed by atoms with Gasteiger partial charge in [0.2, 0.25) is 0 Å². The number of benzene rings is 2. The second kappa shape index (κ2) is 7.15. The fourth-order valence-electron chi connectivity index (χ4n) is 2.06. The van der Waals surface area contributed by atoms with Gasteiger partial charge in [-0.25, -0.2) is 0 Å². The number of halogens is 3. The number of rotatable bonds is 5. The molecule has 0 aromatic heterocycles. The van der Waals surface area contributed by atoms with Gasteiger partial charge < -0.3 is 4.74 Å². The minimum Gasteiger partial charge on any atom is -0.367 e. The van der Waals surface area contributed by atoms with Gasteiger partial charge in [-0.05, 0) is 17.7 Å². The average Bonchev–Trinajstić information content (AvgIpc) is 2.54. The molecule has 0 radical (unpaired) electrons. The molecule has 122 valence electrons.